The minimum atomic E-state index is -0.369. The lowest BCUT2D eigenvalue weighted by Gasteiger charge is -2.06. The molecule has 0 bridgehead atoms. The zero-order valence-corrected chi connectivity index (χ0v) is 16.3. The van der Waals surface area contributed by atoms with Crippen LogP contribution in [-0.4, -0.2) is 29.3 Å². The average molecular weight is 388 g/mol. The van der Waals surface area contributed by atoms with Gasteiger partial charge in [0.2, 0.25) is 11.8 Å². The largest absolute Gasteiger partial charge is 0.356 e. The lowest BCUT2D eigenvalue weighted by Crippen LogP contribution is -2.41. The van der Waals surface area contributed by atoms with Gasteiger partial charge in [-0.25, -0.2) is 4.98 Å². The quantitative estimate of drug-likeness (QED) is 0.478. The van der Waals surface area contributed by atoms with Gasteiger partial charge in [-0.05, 0) is 19.8 Å². The molecule has 0 aliphatic carbocycles. The molecule has 0 radical (unpaired) electrons. The van der Waals surface area contributed by atoms with Crippen molar-refractivity contribution in [2.24, 2.45) is 0 Å². The van der Waals surface area contributed by atoms with E-state index < -0.39 is 0 Å². The van der Waals surface area contributed by atoms with E-state index in [-0.39, 0.29) is 17.7 Å². The number of hydrazine groups is 1. The molecule has 8 heteroatoms. The molecule has 0 atom stereocenters. The number of nitrogens with one attached hydrogen (secondary N) is 3. The Kier molecular flexibility index (Phi) is 7.94. The summed E-state index contributed by atoms with van der Waals surface area (Å²) in [5, 5.41) is 3.48. The van der Waals surface area contributed by atoms with Gasteiger partial charge in [-0.3, -0.25) is 25.2 Å². The van der Waals surface area contributed by atoms with Crippen LogP contribution in [0.5, 0.6) is 0 Å². The van der Waals surface area contributed by atoms with Gasteiger partial charge < -0.3 is 5.32 Å². The molecule has 27 heavy (non-hydrogen) atoms. The first-order chi connectivity index (χ1) is 13.0. The Morgan fingerprint density at radius 3 is 2.48 bits per heavy atom. The van der Waals surface area contributed by atoms with Gasteiger partial charge in [-0.15, -0.1) is 11.3 Å². The molecule has 7 nitrogen and oxygen atoms in total. The van der Waals surface area contributed by atoms with Crippen molar-refractivity contribution >= 4 is 29.1 Å². The van der Waals surface area contributed by atoms with Gasteiger partial charge in [-0.2, -0.15) is 0 Å². The Balaban J connectivity index is 1.75. The van der Waals surface area contributed by atoms with E-state index in [0.717, 1.165) is 23.4 Å². The summed E-state index contributed by atoms with van der Waals surface area (Å²) in [7, 11) is 0. The third-order valence-electron chi connectivity index (χ3n) is 3.79. The number of thiazole rings is 1. The predicted octanol–water partition coefficient (Wildman–Crippen LogP) is 2.58. The normalized spacial score (nSPS) is 10.3. The van der Waals surface area contributed by atoms with Gasteiger partial charge >= 0.3 is 0 Å². The molecule has 0 aliphatic heterocycles. The van der Waals surface area contributed by atoms with Crippen LogP contribution < -0.4 is 16.2 Å². The van der Waals surface area contributed by atoms with E-state index in [0.29, 0.717) is 30.0 Å². The minimum Gasteiger partial charge on any atom is -0.356 e. The molecular weight excluding hydrogens is 364 g/mol. The number of nitrogens with zero attached hydrogens (tertiary/aromatic N) is 1. The number of aryl methyl sites for hydroxylation is 1. The highest BCUT2D eigenvalue weighted by Crippen LogP contribution is 2.27. The van der Waals surface area contributed by atoms with Crippen LogP contribution in [0.25, 0.3) is 10.6 Å². The Morgan fingerprint density at radius 1 is 1.04 bits per heavy atom. The molecule has 0 saturated carbocycles. The van der Waals surface area contributed by atoms with Gasteiger partial charge in [0.25, 0.3) is 5.91 Å². The molecule has 1 heterocycles. The summed E-state index contributed by atoms with van der Waals surface area (Å²) in [6, 6.07) is 9.64. The Morgan fingerprint density at radius 2 is 1.78 bits per heavy atom. The van der Waals surface area contributed by atoms with Crippen molar-refractivity contribution in [1.29, 1.82) is 0 Å². The molecule has 0 spiro atoms. The second-order valence-corrected chi connectivity index (χ2v) is 7.09. The number of hydrogen-bond donors (Lipinski definition) is 3. The molecule has 0 unspecified atom stereocenters. The van der Waals surface area contributed by atoms with Gasteiger partial charge in [0.1, 0.15) is 9.88 Å². The third-order valence-corrected chi connectivity index (χ3v) is 5.00. The zero-order valence-electron chi connectivity index (χ0n) is 15.5. The van der Waals surface area contributed by atoms with E-state index in [1.807, 2.05) is 30.3 Å². The maximum absolute atomic E-state index is 12.3. The lowest BCUT2D eigenvalue weighted by molar-refractivity contribution is -0.122. The molecule has 3 amide bonds. The Hall–Kier alpha value is -2.74. The summed E-state index contributed by atoms with van der Waals surface area (Å²) in [5.74, 6) is -0.663. The fourth-order valence-electron chi connectivity index (χ4n) is 2.41. The summed E-state index contributed by atoms with van der Waals surface area (Å²) in [4.78, 5) is 39.8. The summed E-state index contributed by atoms with van der Waals surface area (Å²) in [6.45, 7) is 3.86. The molecule has 3 N–H and O–H groups in total. The third kappa shape index (κ3) is 6.82. The first kappa shape index (κ1) is 20.6. The van der Waals surface area contributed by atoms with Crippen molar-refractivity contribution in [1.82, 2.24) is 21.2 Å². The highest BCUT2D eigenvalue weighted by Gasteiger charge is 2.16. The van der Waals surface area contributed by atoms with Gasteiger partial charge in [0.05, 0.1) is 5.69 Å². The van der Waals surface area contributed by atoms with Crippen LogP contribution in [0.1, 0.15) is 48.0 Å². The summed E-state index contributed by atoms with van der Waals surface area (Å²) in [5.41, 5.74) is 6.46. The Bertz CT molecular complexity index is 790. The molecule has 1 aromatic heterocycles. The second kappa shape index (κ2) is 10.4. The van der Waals surface area contributed by atoms with E-state index in [2.05, 4.69) is 21.2 Å². The number of hydrogen-bond acceptors (Lipinski definition) is 5. The van der Waals surface area contributed by atoms with Crippen LogP contribution >= 0.6 is 11.3 Å². The SMILES string of the molecule is CC(=O)NCCCCCC(=O)NNC(=O)c1sc(-c2ccccc2)nc1C. The van der Waals surface area contributed by atoms with Crippen molar-refractivity contribution < 1.29 is 14.4 Å². The smallest absolute Gasteiger partial charge is 0.281 e. The van der Waals surface area contributed by atoms with Crippen LogP contribution in [-0.2, 0) is 9.59 Å². The summed E-state index contributed by atoms with van der Waals surface area (Å²) < 4.78 is 0. The van der Waals surface area contributed by atoms with E-state index >= 15 is 0 Å². The topological polar surface area (TPSA) is 100 Å². The van der Waals surface area contributed by atoms with Crippen LogP contribution in [0.3, 0.4) is 0 Å². The molecule has 144 valence electrons. The van der Waals surface area contributed by atoms with Crippen molar-refractivity contribution in [3.8, 4) is 10.6 Å². The highest BCUT2D eigenvalue weighted by atomic mass is 32.1. The Labute approximate surface area is 162 Å². The van der Waals surface area contributed by atoms with Crippen LogP contribution in [0, 0.1) is 6.92 Å². The highest BCUT2D eigenvalue weighted by molar-refractivity contribution is 7.17. The van der Waals surface area contributed by atoms with Crippen molar-refractivity contribution in [3.63, 3.8) is 0 Å². The van der Waals surface area contributed by atoms with Crippen molar-refractivity contribution in [2.75, 3.05) is 6.54 Å². The lowest BCUT2D eigenvalue weighted by atomic mass is 10.2. The zero-order chi connectivity index (χ0) is 19.6. The van der Waals surface area contributed by atoms with E-state index in [4.69, 9.17) is 0 Å². The maximum Gasteiger partial charge on any atom is 0.281 e. The molecule has 0 saturated heterocycles. The first-order valence-corrected chi connectivity index (χ1v) is 9.65. The standard InChI is InChI=1S/C19H24N4O3S/c1-13-17(27-19(21-13)15-9-5-3-6-10-15)18(26)23-22-16(25)11-7-4-8-12-20-14(2)24/h3,5-6,9-10H,4,7-8,11-12H2,1-2H3,(H,20,24)(H,22,25)(H,23,26). The number of aromatic nitrogens is 1. The predicted molar refractivity (Wildman–Crippen MR) is 105 cm³/mol. The van der Waals surface area contributed by atoms with E-state index in [1.165, 1.54) is 18.3 Å². The van der Waals surface area contributed by atoms with Crippen LogP contribution in [0.15, 0.2) is 30.3 Å². The molecule has 2 aromatic rings. The van der Waals surface area contributed by atoms with Crippen LogP contribution in [0.2, 0.25) is 0 Å². The van der Waals surface area contributed by atoms with E-state index in [1.54, 1.807) is 6.92 Å². The fourth-order valence-corrected chi connectivity index (χ4v) is 3.38. The molecule has 1 aromatic carbocycles. The van der Waals surface area contributed by atoms with Crippen molar-refractivity contribution in [3.05, 3.63) is 40.9 Å². The molecule has 2 rings (SSSR count). The molecular formula is C19H24N4O3S. The van der Waals surface area contributed by atoms with Gasteiger partial charge in [0, 0.05) is 25.5 Å². The number of amides is 3. The fraction of sp³-hybridized carbons (Fsp3) is 0.368. The molecule has 0 aliphatic rings. The monoisotopic (exact) mass is 388 g/mol. The van der Waals surface area contributed by atoms with E-state index in [9.17, 15) is 14.4 Å². The number of unbranched alkanes of at least 4 members (excludes halogenated alkanes) is 2. The second-order valence-electron chi connectivity index (χ2n) is 6.10. The van der Waals surface area contributed by atoms with Gasteiger partial charge in [0.15, 0.2) is 0 Å². The minimum absolute atomic E-state index is 0.0516. The average Bonchev–Trinajstić information content (AvgIpc) is 3.05. The maximum atomic E-state index is 12.3. The van der Waals surface area contributed by atoms with Gasteiger partial charge in [-0.1, -0.05) is 36.8 Å². The molecule has 0 fully saturated rings. The summed E-state index contributed by atoms with van der Waals surface area (Å²) in [6.07, 6.45) is 2.66. The van der Waals surface area contributed by atoms with Crippen molar-refractivity contribution in [2.45, 2.75) is 39.5 Å². The first-order valence-electron chi connectivity index (χ1n) is 8.84. The number of rotatable bonds is 8. The number of carbonyl (C=O) groups is 3. The van der Waals surface area contributed by atoms with Crippen LogP contribution in [0.4, 0.5) is 0 Å². The summed E-state index contributed by atoms with van der Waals surface area (Å²) >= 11 is 1.29. The number of carbonyl (C=O) groups excluding carboxylic acids is 3. The number of benzene rings is 1.